The number of para-hydroxylation sites is 1. The Bertz CT molecular complexity index is 1450. The highest BCUT2D eigenvalue weighted by molar-refractivity contribution is 6.42. The van der Waals surface area contributed by atoms with Crippen molar-refractivity contribution in [1.29, 1.82) is 0 Å². The molecule has 1 atom stereocenters. The first-order valence-electron chi connectivity index (χ1n) is 10.9. The van der Waals surface area contributed by atoms with Gasteiger partial charge in [-0.1, -0.05) is 65.7 Å². The van der Waals surface area contributed by atoms with E-state index in [2.05, 4.69) is 16.1 Å². The van der Waals surface area contributed by atoms with Gasteiger partial charge in [-0.3, -0.25) is 19.8 Å². The molecule has 0 spiro atoms. The number of nitrogens with zero attached hydrogens (tertiary/aromatic N) is 1. The third kappa shape index (κ3) is 5.30. The van der Waals surface area contributed by atoms with Crippen molar-refractivity contribution in [2.24, 2.45) is 0 Å². The van der Waals surface area contributed by atoms with E-state index in [1.165, 1.54) is 17.9 Å². The summed E-state index contributed by atoms with van der Waals surface area (Å²) >= 11 is 12.0. The van der Waals surface area contributed by atoms with E-state index in [4.69, 9.17) is 27.9 Å². The van der Waals surface area contributed by atoms with Crippen molar-refractivity contribution in [2.45, 2.75) is 13.0 Å². The maximum Gasteiger partial charge on any atom is 0.328 e. The molecule has 36 heavy (non-hydrogen) atoms. The Morgan fingerprint density at radius 1 is 0.889 bits per heavy atom. The van der Waals surface area contributed by atoms with Crippen LogP contribution in [0.3, 0.4) is 0 Å². The summed E-state index contributed by atoms with van der Waals surface area (Å²) in [5.74, 6) is -1.96. The first kappa shape index (κ1) is 25.1. The number of hydrogen-bond donors (Lipinski definition) is 3. The molecule has 1 heterocycles. The van der Waals surface area contributed by atoms with E-state index < -0.39 is 23.8 Å². The molecule has 0 fully saturated rings. The van der Waals surface area contributed by atoms with Crippen molar-refractivity contribution < 1.29 is 19.1 Å². The van der Waals surface area contributed by atoms with Crippen LogP contribution in [0.15, 0.2) is 72.8 Å². The number of fused-ring (bicyclic) bond motifs is 1. The minimum absolute atomic E-state index is 0.0674. The van der Waals surface area contributed by atoms with Crippen molar-refractivity contribution in [3.8, 4) is 5.75 Å². The van der Waals surface area contributed by atoms with Crippen LogP contribution in [-0.2, 0) is 9.59 Å². The third-order valence-electron chi connectivity index (χ3n) is 5.48. The lowest BCUT2D eigenvalue weighted by Crippen LogP contribution is -2.40. The van der Waals surface area contributed by atoms with Crippen LogP contribution in [0.5, 0.6) is 5.75 Å². The monoisotopic (exact) mass is 524 g/mol. The normalized spacial score (nSPS) is 11.6. The predicted molar refractivity (Wildman–Crippen MR) is 140 cm³/mol. The molecule has 3 aromatic carbocycles. The van der Waals surface area contributed by atoms with Crippen LogP contribution in [0, 0.1) is 0 Å². The summed E-state index contributed by atoms with van der Waals surface area (Å²) in [6, 6.07) is 20.3. The number of carbonyl (C=O) groups is 3. The molecular formula is C26H22Cl2N4O4. The van der Waals surface area contributed by atoms with E-state index in [1.807, 2.05) is 30.3 Å². The number of amides is 3. The molecule has 4 aromatic rings. The molecule has 0 saturated heterocycles. The van der Waals surface area contributed by atoms with Gasteiger partial charge in [0.15, 0.2) is 0 Å². The van der Waals surface area contributed by atoms with E-state index in [0.717, 1.165) is 5.56 Å². The van der Waals surface area contributed by atoms with Gasteiger partial charge in [-0.15, -0.1) is 0 Å². The first-order chi connectivity index (χ1) is 17.3. The molecule has 10 heteroatoms. The molecule has 0 aliphatic rings. The molecule has 0 radical (unpaired) electrons. The van der Waals surface area contributed by atoms with Crippen LogP contribution in [0.25, 0.3) is 10.9 Å². The molecule has 0 unspecified atom stereocenters. The summed E-state index contributed by atoms with van der Waals surface area (Å²) in [7, 11) is 1.47. The number of methoxy groups -OCH3 is 1. The van der Waals surface area contributed by atoms with Gasteiger partial charge < -0.3 is 15.4 Å². The van der Waals surface area contributed by atoms with Gasteiger partial charge in [0.25, 0.3) is 5.91 Å². The maximum atomic E-state index is 13.2. The zero-order valence-corrected chi connectivity index (χ0v) is 20.9. The van der Waals surface area contributed by atoms with E-state index in [9.17, 15) is 14.4 Å². The highest BCUT2D eigenvalue weighted by Crippen LogP contribution is 2.29. The molecule has 0 saturated carbocycles. The van der Waals surface area contributed by atoms with Crippen molar-refractivity contribution in [1.82, 2.24) is 9.99 Å². The summed E-state index contributed by atoms with van der Waals surface area (Å²) < 4.78 is 6.67. The lowest BCUT2D eigenvalue weighted by Gasteiger charge is -2.16. The second-order valence-electron chi connectivity index (χ2n) is 7.89. The van der Waals surface area contributed by atoms with Crippen molar-refractivity contribution in [2.75, 3.05) is 17.9 Å². The van der Waals surface area contributed by atoms with Gasteiger partial charge in [-0.2, -0.15) is 0 Å². The fourth-order valence-electron chi connectivity index (χ4n) is 3.68. The third-order valence-corrected chi connectivity index (χ3v) is 6.22. The Kier molecular flexibility index (Phi) is 7.47. The number of nitrogens with one attached hydrogen (secondary N) is 3. The predicted octanol–water partition coefficient (Wildman–Crippen LogP) is 5.16. The molecule has 184 valence electrons. The van der Waals surface area contributed by atoms with Crippen LogP contribution >= 0.6 is 23.2 Å². The molecule has 1 aromatic heterocycles. The fraction of sp³-hybridized carbons (Fsp3) is 0.115. The van der Waals surface area contributed by atoms with Gasteiger partial charge in [-0.05, 0) is 42.8 Å². The number of carbonyl (C=O) groups excluding carboxylic acids is 3. The molecule has 8 nitrogen and oxygen atoms in total. The second kappa shape index (κ2) is 10.7. The fourth-order valence-corrected chi connectivity index (χ4v) is 3.98. The average Bonchev–Trinajstić information content (AvgIpc) is 3.25. The van der Waals surface area contributed by atoms with Gasteiger partial charge >= 0.3 is 11.8 Å². The van der Waals surface area contributed by atoms with Crippen molar-refractivity contribution in [3.63, 3.8) is 0 Å². The van der Waals surface area contributed by atoms with Crippen LogP contribution in [0.1, 0.15) is 29.0 Å². The SMILES string of the molecule is COc1cccc2cc(C(=O)Nc3ccc(Cl)c(Cl)c3)n(NC(=O)C(=O)N[C@@H](C)c3ccccc3)c12. The summed E-state index contributed by atoms with van der Waals surface area (Å²) in [6.45, 7) is 1.77. The van der Waals surface area contributed by atoms with E-state index in [0.29, 0.717) is 27.4 Å². The van der Waals surface area contributed by atoms with E-state index in [1.54, 1.807) is 43.3 Å². The Morgan fingerprint density at radius 3 is 2.33 bits per heavy atom. The minimum Gasteiger partial charge on any atom is -0.494 e. The van der Waals surface area contributed by atoms with E-state index >= 15 is 0 Å². The summed E-state index contributed by atoms with van der Waals surface area (Å²) in [4.78, 5) is 38.8. The summed E-state index contributed by atoms with van der Waals surface area (Å²) in [5.41, 5.74) is 4.25. The van der Waals surface area contributed by atoms with E-state index in [-0.39, 0.29) is 10.7 Å². The second-order valence-corrected chi connectivity index (χ2v) is 8.71. The Morgan fingerprint density at radius 2 is 1.64 bits per heavy atom. The molecule has 3 N–H and O–H groups in total. The van der Waals surface area contributed by atoms with Gasteiger partial charge in [0.2, 0.25) is 0 Å². The molecule has 4 rings (SSSR count). The number of ether oxygens (including phenoxy) is 1. The number of benzene rings is 3. The number of hydrogen-bond acceptors (Lipinski definition) is 4. The number of anilines is 1. The standard InChI is InChI=1S/C26H22Cl2N4O4/c1-15(16-7-4-3-5-8-16)29-25(34)26(35)31-32-21(13-17-9-6-10-22(36-2)23(17)32)24(33)30-18-11-12-19(27)20(28)14-18/h3-15H,1-2H3,(H,29,34)(H,30,33)(H,31,35)/t15-/m0/s1. The van der Waals surface area contributed by atoms with Gasteiger partial charge in [-0.25, -0.2) is 4.68 Å². The number of halogens is 2. The molecular weight excluding hydrogens is 503 g/mol. The van der Waals surface area contributed by atoms with Crippen molar-refractivity contribution >= 4 is 57.5 Å². The van der Waals surface area contributed by atoms with Crippen LogP contribution in [-0.4, -0.2) is 29.5 Å². The van der Waals surface area contributed by atoms with Crippen LogP contribution in [0.4, 0.5) is 5.69 Å². The molecule has 3 amide bonds. The highest BCUT2D eigenvalue weighted by atomic mass is 35.5. The number of rotatable bonds is 6. The largest absolute Gasteiger partial charge is 0.494 e. The summed E-state index contributed by atoms with van der Waals surface area (Å²) in [5, 5.41) is 6.62. The Hall–Kier alpha value is -4.01. The highest BCUT2D eigenvalue weighted by Gasteiger charge is 2.24. The maximum absolute atomic E-state index is 13.2. The summed E-state index contributed by atoms with van der Waals surface area (Å²) in [6.07, 6.45) is 0. The molecule has 0 aliphatic heterocycles. The lowest BCUT2D eigenvalue weighted by molar-refractivity contribution is -0.137. The first-order valence-corrected chi connectivity index (χ1v) is 11.7. The van der Waals surface area contributed by atoms with Gasteiger partial charge in [0.05, 0.1) is 23.2 Å². The van der Waals surface area contributed by atoms with Crippen LogP contribution in [0.2, 0.25) is 10.0 Å². The molecule has 0 bridgehead atoms. The zero-order valence-electron chi connectivity index (χ0n) is 19.3. The van der Waals surface area contributed by atoms with Crippen molar-refractivity contribution in [3.05, 3.63) is 94.1 Å². The Balaban J connectivity index is 1.64. The molecule has 0 aliphatic carbocycles. The lowest BCUT2D eigenvalue weighted by atomic mass is 10.1. The van der Waals surface area contributed by atoms with Gasteiger partial charge in [0.1, 0.15) is 17.0 Å². The minimum atomic E-state index is -0.954. The topological polar surface area (TPSA) is 101 Å². The van der Waals surface area contributed by atoms with Gasteiger partial charge in [0, 0.05) is 11.1 Å². The average molecular weight is 525 g/mol. The number of aromatic nitrogens is 1. The Labute approximate surface area is 217 Å². The zero-order chi connectivity index (χ0) is 25.8. The van der Waals surface area contributed by atoms with Crippen LogP contribution < -0.4 is 20.8 Å². The smallest absolute Gasteiger partial charge is 0.328 e. The quantitative estimate of drug-likeness (QED) is 0.303.